The zero-order chi connectivity index (χ0) is 14.8. The van der Waals surface area contributed by atoms with Gasteiger partial charge >= 0.3 is 0 Å². The fraction of sp³-hybridized carbons (Fsp3) is 0.611. The van der Waals surface area contributed by atoms with E-state index in [0.717, 1.165) is 30.9 Å². The van der Waals surface area contributed by atoms with Gasteiger partial charge in [-0.15, -0.1) is 0 Å². The van der Waals surface area contributed by atoms with Crippen LogP contribution in [0.5, 0.6) is 5.75 Å². The summed E-state index contributed by atoms with van der Waals surface area (Å²) in [5.74, 6) is 7.23. The standard InChI is InChI=1S/C18H26N2O/c1-2-3-4-5-6-7-9-16-12-18(14-19-13-16)21-15-17-10-8-11-20-17/h12-14,17,20H,2-6,8,10-11,15H2,1H3. The molecule has 1 saturated heterocycles. The highest BCUT2D eigenvalue weighted by molar-refractivity contribution is 5.36. The highest BCUT2D eigenvalue weighted by Gasteiger charge is 2.14. The Kier molecular flexibility index (Phi) is 7.11. The molecule has 1 aliphatic heterocycles. The number of hydrogen-bond donors (Lipinski definition) is 1. The van der Waals surface area contributed by atoms with Crippen molar-refractivity contribution in [2.75, 3.05) is 13.2 Å². The van der Waals surface area contributed by atoms with E-state index < -0.39 is 0 Å². The van der Waals surface area contributed by atoms with E-state index in [1.54, 1.807) is 12.4 Å². The molecule has 1 atom stereocenters. The molecule has 1 aromatic heterocycles. The lowest BCUT2D eigenvalue weighted by Gasteiger charge is -2.11. The first-order valence-electron chi connectivity index (χ1n) is 8.18. The van der Waals surface area contributed by atoms with E-state index in [0.29, 0.717) is 6.04 Å². The topological polar surface area (TPSA) is 34.1 Å². The number of rotatable bonds is 7. The van der Waals surface area contributed by atoms with Crippen molar-refractivity contribution in [1.29, 1.82) is 0 Å². The van der Waals surface area contributed by atoms with Gasteiger partial charge in [0, 0.05) is 24.2 Å². The molecular formula is C18H26N2O. The molecule has 1 unspecified atom stereocenters. The average molecular weight is 286 g/mol. The molecule has 1 aromatic rings. The quantitative estimate of drug-likeness (QED) is 0.615. The van der Waals surface area contributed by atoms with Crippen molar-refractivity contribution in [3.8, 4) is 17.6 Å². The maximum absolute atomic E-state index is 5.80. The minimum atomic E-state index is 0.485. The van der Waals surface area contributed by atoms with E-state index in [-0.39, 0.29) is 0 Å². The molecule has 0 amide bonds. The zero-order valence-corrected chi connectivity index (χ0v) is 13.0. The molecule has 1 N–H and O–H groups in total. The Morgan fingerprint density at radius 3 is 3.10 bits per heavy atom. The first kappa shape index (κ1) is 15.9. The van der Waals surface area contributed by atoms with Crippen molar-refractivity contribution >= 4 is 0 Å². The van der Waals surface area contributed by atoms with Crippen LogP contribution < -0.4 is 10.1 Å². The minimum Gasteiger partial charge on any atom is -0.490 e. The molecule has 0 aliphatic carbocycles. The van der Waals surface area contributed by atoms with Crippen LogP contribution >= 0.6 is 0 Å². The third-order valence-electron chi connectivity index (χ3n) is 3.71. The SMILES string of the molecule is CCCCCCC#Cc1cncc(OCC2CCCN2)c1. The molecule has 2 rings (SSSR count). The Balaban J connectivity index is 1.75. The molecule has 114 valence electrons. The number of hydrogen-bond acceptors (Lipinski definition) is 3. The van der Waals surface area contributed by atoms with Gasteiger partial charge in [0.25, 0.3) is 0 Å². The second-order valence-corrected chi connectivity index (χ2v) is 5.63. The Morgan fingerprint density at radius 1 is 1.33 bits per heavy atom. The molecule has 1 fully saturated rings. The van der Waals surface area contributed by atoms with Crippen LogP contribution in [-0.4, -0.2) is 24.2 Å². The summed E-state index contributed by atoms with van der Waals surface area (Å²) in [6.45, 7) is 4.05. The summed E-state index contributed by atoms with van der Waals surface area (Å²) in [7, 11) is 0. The molecule has 0 saturated carbocycles. The Morgan fingerprint density at radius 2 is 2.29 bits per heavy atom. The summed E-state index contributed by atoms with van der Waals surface area (Å²) < 4.78 is 5.80. The lowest BCUT2D eigenvalue weighted by molar-refractivity contribution is 0.276. The Hall–Kier alpha value is -1.53. The van der Waals surface area contributed by atoms with E-state index in [2.05, 4.69) is 29.1 Å². The third kappa shape index (κ3) is 6.18. The summed E-state index contributed by atoms with van der Waals surface area (Å²) in [6, 6.07) is 2.47. The predicted octanol–water partition coefficient (Wildman–Crippen LogP) is 3.53. The van der Waals surface area contributed by atoms with E-state index in [1.807, 2.05) is 6.07 Å². The molecule has 3 heteroatoms. The molecule has 21 heavy (non-hydrogen) atoms. The van der Waals surface area contributed by atoms with E-state index in [4.69, 9.17) is 4.74 Å². The summed E-state index contributed by atoms with van der Waals surface area (Å²) in [4.78, 5) is 4.21. The summed E-state index contributed by atoms with van der Waals surface area (Å²) in [5, 5.41) is 3.43. The number of unbranched alkanes of at least 4 members (excludes halogenated alkanes) is 4. The maximum atomic E-state index is 5.80. The maximum Gasteiger partial charge on any atom is 0.138 e. The van der Waals surface area contributed by atoms with Gasteiger partial charge < -0.3 is 10.1 Å². The normalized spacial score (nSPS) is 17.3. The van der Waals surface area contributed by atoms with Gasteiger partial charge in [0.1, 0.15) is 12.4 Å². The number of ether oxygens (including phenoxy) is 1. The smallest absolute Gasteiger partial charge is 0.138 e. The zero-order valence-electron chi connectivity index (χ0n) is 13.0. The molecule has 3 nitrogen and oxygen atoms in total. The molecule has 0 radical (unpaired) electrons. The van der Waals surface area contributed by atoms with Crippen molar-refractivity contribution in [1.82, 2.24) is 10.3 Å². The van der Waals surface area contributed by atoms with Gasteiger partial charge in [0.2, 0.25) is 0 Å². The number of pyridine rings is 1. The van der Waals surface area contributed by atoms with Gasteiger partial charge in [-0.2, -0.15) is 0 Å². The summed E-state index contributed by atoms with van der Waals surface area (Å²) >= 11 is 0. The highest BCUT2D eigenvalue weighted by atomic mass is 16.5. The van der Waals surface area contributed by atoms with Gasteiger partial charge in [-0.1, -0.05) is 38.0 Å². The predicted molar refractivity (Wildman–Crippen MR) is 86.4 cm³/mol. The lowest BCUT2D eigenvalue weighted by atomic mass is 10.1. The fourth-order valence-corrected chi connectivity index (χ4v) is 2.47. The van der Waals surface area contributed by atoms with Crippen molar-refractivity contribution in [3.63, 3.8) is 0 Å². The number of nitrogens with one attached hydrogen (secondary N) is 1. The van der Waals surface area contributed by atoms with Crippen LogP contribution in [0.2, 0.25) is 0 Å². The Labute approximate surface area is 128 Å². The van der Waals surface area contributed by atoms with Crippen LogP contribution in [0.25, 0.3) is 0 Å². The third-order valence-corrected chi connectivity index (χ3v) is 3.71. The van der Waals surface area contributed by atoms with Crippen LogP contribution in [0.3, 0.4) is 0 Å². The molecule has 0 spiro atoms. The summed E-state index contributed by atoms with van der Waals surface area (Å²) in [6.07, 6.45) is 12.0. The number of nitrogens with zero attached hydrogens (tertiary/aromatic N) is 1. The molecule has 2 heterocycles. The van der Waals surface area contributed by atoms with Gasteiger partial charge in [0.05, 0.1) is 6.20 Å². The van der Waals surface area contributed by atoms with Gasteiger partial charge in [-0.05, 0) is 31.9 Å². The second-order valence-electron chi connectivity index (χ2n) is 5.63. The van der Waals surface area contributed by atoms with Gasteiger partial charge in [0.15, 0.2) is 0 Å². The molecule has 0 bridgehead atoms. The first-order valence-corrected chi connectivity index (χ1v) is 8.18. The van der Waals surface area contributed by atoms with E-state index in [9.17, 15) is 0 Å². The monoisotopic (exact) mass is 286 g/mol. The fourth-order valence-electron chi connectivity index (χ4n) is 2.47. The average Bonchev–Trinajstić information content (AvgIpc) is 3.03. The van der Waals surface area contributed by atoms with Crippen LogP contribution in [0.1, 0.15) is 57.4 Å². The molecule has 0 aromatic carbocycles. The molecular weight excluding hydrogens is 260 g/mol. The van der Waals surface area contributed by atoms with Crippen molar-refractivity contribution in [3.05, 3.63) is 24.0 Å². The van der Waals surface area contributed by atoms with Crippen molar-refractivity contribution in [2.24, 2.45) is 0 Å². The van der Waals surface area contributed by atoms with Crippen molar-refractivity contribution in [2.45, 2.75) is 57.9 Å². The van der Waals surface area contributed by atoms with Crippen LogP contribution in [0.15, 0.2) is 18.5 Å². The largest absolute Gasteiger partial charge is 0.490 e. The van der Waals surface area contributed by atoms with Crippen LogP contribution in [-0.2, 0) is 0 Å². The first-order chi connectivity index (χ1) is 10.4. The van der Waals surface area contributed by atoms with Crippen LogP contribution in [0, 0.1) is 11.8 Å². The minimum absolute atomic E-state index is 0.485. The summed E-state index contributed by atoms with van der Waals surface area (Å²) in [5.41, 5.74) is 0.947. The Bertz CT molecular complexity index is 470. The van der Waals surface area contributed by atoms with Gasteiger partial charge in [-0.25, -0.2) is 0 Å². The van der Waals surface area contributed by atoms with Crippen LogP contribution in [0.4, 0.5) is 0 Å². The number of aromatic nitrogens is 1. The second kappa shape index (κ2) is 9.41. The molecule has 1 aliphatic rings. The lowest BCUT2D eigenvalue weighted by Crippen LogP contribution is -2.28. The van der Waals surface area contributed by atoms with Crippen molar-refractivity contribution < 1.29 is 4.74 Å². The van der Waals surface area contributed by atoms with E-state index >= 15 is 0 Å². The van der Waals surface area contributed by atoms with Gasteiger partial charge in [-0.3, -0.25) is 4.98 Å². The highest BCUT2D eigenvalue weighted by Crippen LogP contribution is 2.13. The van der Waals surface area contributed by atoms with E-state index in [1.165, 1.54) is 38.5 Å².